The highest BCUT2D eigenvalue weighted by Gasteiger charge is 2.76. The Hall–Kier alpha value is -1.94. The number of carbonyl (C=O) groups is 3. The van der Waals surface area contributed by atoms with Gasteiger partial charge in [-0.3, -0.25) is 14.4 Å². The van der Waals surface area contributed by atoms with E-state index in [0.717, 1.165) is 0 Å². The molecule has 2 bridgehead atoms. The Balaban J connectivity index is 1.76. The molecule has 1 aromatic carbocycles. The number of carboxylic acids is 1. The minimum Gasteiger partial charge on any atom is -0.481 e. The topological polar surface area (TPSA) is 107 Å². The fraction of sp³-hybridized carbons (Fsp3) is 0.542. The van der Waals surface area contributed by atoms with Gasteiger partial charge in [-0.05, 0) is 37.8 Å². The number of ether oxygens (including phenoxy) is 1. The zero-order valence-electron chi connectivity index (χ0n) is 18.6. The summed E-state index contributed by atoms with van der Waals surface area (Å²) in [5, 5.41) is 19.5. The summed E-state index contributed by atoms with van der Waals surface area (Å²) in [6.07, 6.45) is 3.08. The molecule has 8 nitrogen and oxygen atoms in total. The number of aliphatic hydroxyl groups is 1. The lowest BCUT2D eigenvalue weighted by Crippen LogP contribution is -2.57. The molecule has 3 aliphatic rings. The van der Waals surface area contributed by atoms with Crippen LogP contribution in [0.25, 0.3) is 0 Å². The SMILES string of the molecule is C=CCN(C(=O)[C@@H]1N(CCCCCO)C(=O)[C@H]2[C@H](C(=O)O)[C@H]3O[C@@]12CC3Br)c1ccccc1Cl. The second kappa shape index (κ2) is 9.97. The van der Waals surface area contributed by atoms with Gasteiger partial charge in [0, 0.05) is 24.5 Å². The molecule has 3 heterocycles. The van der Waals surface area contributed by atoms with Crippen molar-refractivity contribution in [1.29, 1.82) is 0 Å². The molecule has 2 amide bonds. The number of unbranched alkanes of at least 4 members (excludes halogenated alkanes) is 2. The third-order valence-corrected chi connectivity index (χ3v) is 8.25. The van der Waals surface area contributed by atoms with Crippen molar-refractivity contribution in [1.82, 2.24) is 4.90 Å². The number of carboxylic acid groups (broad SMARTS) is 1. The number of benzene rings is 1. The molecule has 0 radical (unpaired) electrons. The van der Waals surface area contributed by atoms with Gasteiger partial charge >= 0.3 is 5.97 Å². The van der Waals surface area contributed by atoms with Gasteiger partial charge in [0.15, 0.2) is 0 Å². The Morgan fingerprint density at radius 2 is 2.06 bits per heavy atom. The molecule has 1 spiro atoms. The normalized spacial score (nSPS) is 31.6. The van der Waals surface area contributed by atoms with Crippen LogP contribution in [0, 0.1) is 11.8 Å². The van der Waals surface area contributed by atoms with Gasteiger partial charge in [-0.1, -0.05) is 45.7 Å². The van der Waals surface area contributed by atoms with Crippen molar-refractivity contribution in [2.75, 3.05) is 24.6 Å². The number of aliphatic hydroxyl groups excluding tert-OH is 1. The van der Waals surface area contributed by atoms with Gasteiger partial charge in [0.1, 0.15) is 11.6 Å². The Morgan fingerprint density at radius 1 is 1.32 bits per heavy atom. The van der Waals surface area contributed by atoms with E-state index in [-0.39, 0.29) is 36.3 Å². The van der Waals surface area contributed by atoms with Crippen LogP contribution in [0.4, 0.5) is 5.69 Å². The fourth-order valence-corrected chi connectivity index (χ4v) is 6.94. The minimum absolute atomic E-state index is 0.0413. The monoisotopic (exact) mass is 554 g/mol. The number of likely N-dealkylation sites (tertiary alicyclic amines) is 1. The standard InChI is InChI=1S/C24H28BrClN2O6/c1-2-10-27(16-9-5-4-8-15(16)26)22(31)20-24-13-14(25)19(34-24)17(23(32)33)18(24)21(30)28(20)11-6-3-7-12-29/h2,4-5,8-9,14,17-20,29H,1,3,6-7,10-13H2,(H,32,33)/t14?,17-,18+,19-,20-,24+/m0/s1. The summed E-state index contributed by atoms with van der Waals surface area (Å²) in [5.74, 6) is -3.81. The molecule has 3 saturated heterocycles. The van der Waals surface area contributed by atoms with Crippen LogP contribution in [0.1, 0.15) is 25.7 Å². The molecular weight excluding hydrogens is 528 g/mol. The van der Waals surface area contributed by atoms with Crippen molar-refractivity contribution in [2.45, 2.75) is 48.3 Å². The number of para-hydroxylation sites is 1. The number of rotatable bonds is 10. The first-order valence-electron chi connectivity index (χ1n) is 11.4. The van der Waals surface area contributed by atoms with Crippen LogP contribution in [0.3, 0.4) is 0 Å². The van der Waals surface area contributed by atoms with E-state index in [1.54, 1.807) is 30.3 Å². The maximum atomic E-state index is 14.2. The average molecular weight is 556 g/mol. The van der Waals surface area contributed by atoms with Gasteiger partial charge < -0.3 is 24.7 Å². The second-order valence-electron chi connectivity index (χ2n) is 9.01. The van der Waals surface area contributed by atoms with Gasteiger partial charge in [0.05, 0.1) is 28.6 Å². The number of carbonyl (C=O) groups excluding carboxylic acids is 2. The number of nitrogens with zero attached hydrogens (tertiary/aromatic N) is 2. The van der Waals surface area contributed by atoms with Gasteiger partial charge in [0.25, 0.3) is 5.91 Å². The molecule has 0 aromatic heterocycles. The summed E-state index contributed by atoms with van der Waals surface area (Å²) in [6, 6.07) is 5.94. The molecule has 3 aliphatic heterocycles. The highest BCUT2D eigenvalue weighted by atomic mass is 79.9. The molecule has 6 atom stereocenters. The molecule has 0 saturated carbocycles. The van der Waals surface area contributed by atoms with Crippen LogP contribution < -0.4 is 4.90 Å². The molecule has 2 N–H and O–H groups in total. The first kappa shape index (κ1) is 25.2. The van der Waals surface area contributed by atoms with Crippen molar-refractivity contribution in [3.8, 4) is 0 Å². The number of halogens is 2. The quantitative estimate of drug-likeness (QED) is 0.261. The number of anilines is 1. The molecular formula is C24H28BrClN2O6. The van der Waals surface area contributed by atoms with E-state index in [9.17, 15) is 19.5 Å². The van der Waals surface area contributed by atoms with Crippen molar-refractivity contribution >= 4 is 51.0 Å². The molecule has 10 heteroatoms. The maximum absolute atomic E-state index is 14.2. The van der Waals surface area contributed by atoms with Crippen LogP contribution >= 0.6 is 27.5 Å². The summed E-state index contributed by atoms with van der Waals surface area (Å²) in [6.45, 7) is 4.24. The highest BCUT2D eigenvalue weighted by molar-refractivity contribution is 9.09. The average Bonchev–Trinajstić information content (AvgIpc) is 3.39. The third kappa shape index (κ3) is 3.96. The van der Waals surface area contributed by atoms with E-state index in [1.165, 1.54) is 9.80 Å². The summed E-state index contributed by atoms with van der Waals surface area (Å²) in [5.41, 5.74) is -0.757. The predicted molar refractivity (Wildman–Crippen MR) is 130 cm³/mol. The molecule has 0 aliphatic carbocycles. The first-order valence-corrected chi connectivity index (χ1v) is 12.7. The third-order valence-electron chi connectivity index (χ3n) is 7.09. The largest absolute Gasteiger partial charge is 0.481 e. The van der Waals surface area contributed by atoms with Crippen molar-refractivity contribution in [2.24, 2.45) is 11.8 Å². The number of aliphatic carboxylic acids is 1. The van der Waals surface area contributed by atoms with Gasteiger partial charge in [-0.25, -0.2) is 0 Å². The fourth-order valence-electron chi connectivity index (χ4n) is 5.76. The Labute approximate surface area is 211 Å². The van der Waals surface area contributed by atoms with Crippen LogP contribution in [-0.2, 0) is 19.1 Å². The predicted octanol–water partition coefficient (Wildman–Crippen LogP) is 2.85. The Bertz CT molecular complexity index is 992. The minimum atomic E-state index is -1.24. The van der Waals surface area contributed by atoms with Crippen LogP contribution in [0.5, 0.6) is 0 Å². The summed E-state index contributed by atoms with van der Waals surface area (Å²) in [4.78, 5) is 42.7. The highest BCUT2D eigenvalue weighted by Crippen LogP contribution is 2.60. The van der Waals surface area contributed by atoms with Crippen LogP contribution in [0.15, 0.2) is 36.9 Å². The summed E-state index contributed by atoms with van der Waals surface area (Å²) >= 11 is 9.96. The number of amides is 2. The molecule has 1 unspecified atom stereocenters. The molecule has 4 rings (SSSR count). The number of fused-ring (bicyclic) bond motifs is 1. The summed E-state index contributed by atoms with van der Waals surface area (Å²) < 4.78 is 6.29. The van der Waals surface area contributed by atoms with Crippen molar-refractivity contribution in [3.63, 3.8) is 0 Å². The van der Waals surface area contributed by atoms with Gasteiger partial charge in [-0.2, -0.15) is 0 Å². The van der Waals surface area contributed by atoms with E-state index >= 15 is 0 Å². The smallest absolute Gasteiger partial charge is 0.310 e. The molecule has 3 fully saturated rings. The number of hydrogen-bond acceptors (Lipinski definition) is 5. The number of alkyl halides is 1. The lowest BCUT2D eigenvalue weighted by atomic mass is 9.70. The van der Waals surface area contributed by atoms with Gasteiger partial charge in [0.2, 0.25) is 5.91 Å². The van der Waals surface area contributed by atoms with Crippen molar-refractivity contribution in [3.05, 3.63) is 41.9 Å². The Kier molecular flexibility index (Phi) is 7.38. The lowest BCUT2D eigenvalue weighted by molar-refractivity contribution is -0.149. The maximum Gasteiger partial charge on any atom is 0.310 e. The van der Waals surface area contributed by atoms with Crippen LogP contribution in [-0.4, -0.2) is 75.2 Å². The lowest BCUT2D eigenvalue weighted by Gasteiger charge is -2.37. The first-order chi connectivity index (χ1) is 16.3. The van der Waals surface area contributed by atoms with E-state index in [4.69, 9.17) is 21.4 Å². The van der Waals surface area contributed by atoms with Crippen LogP contribution in [0.2, 0.25) is 5.02 Å². The molecule has 1 aromatic rings. The number of hydrogen-bond donors (Lipinski definition) is 2. The van der Waals surface area contributed by atoms with E-state index in [1.807, 2.05) is 0 Å². The molecule has 34 heavy (non-hydrogen) atoms. The van der Waals surface area contributed by atoms with E-state index < -0.39 is 35.6 Å². The Morgan fingerprint density at radius 3 is 2.71 bits per heavy atom. The second-order valence-corrected chi connectivity index (χ2v) is 10.6. The summed E-state index contributed by atoms with van der Waals surface area (Å²) in [7, 11) is 0. The molecule has 184 valence electrons. The zero-order valence-corrected chi connectivity index (χ0v) is 21.0. The van der Waals surface area contributed by atoms with E-state index in [0.29, 0.717) is 36.4 Å². The van der Waals surface area contributed by atoms with Gasteiger partial charge in [-0.15, -0.1) is 6.58 Å². The van der Waals surface area contributed by atoms with Crippen molar-refractivity contribution < 1.29 is 29.3 Å². The zero-order chi connectivity index (χ0) is 24.6. The van der Waals surface area contributed by atoms with E-state index in [2.05, 4.69) is 22.5 Å².